The van der Waals surface area contributed by atoms with E-state index in [1.807, 2.05) is 52.9 Å². The Morgan fingerprint density at radius 2 is 2.17 bits per heavy atom. The van der Waals surface area contributed by atoms with Crippen LogP contribution >= 0.6 is 11.6 Å². The molecule has 2 N–H and O–H groups in total. The van der Waals surface area contributed by atoms with Gasteiger partial charge in [0.05, 0.1) is 30.7 Å². The maximum Gasteiger partial charge on any atom is 0.153 e. The largest absolute Gasteiger partial charge is 0.395 e. The summed E-state index contributed by atoms with van der Waals surface area (Å²) in [4.78, 5) is 10.6. The summed E-state index contributed by atoms with van der Waals surface area (Å²) in [5, 5.41) is 12.7. The number of nitrogens with one attached hydrogen (secondary N) is 1. The minimum absolute atomic E-state index is 0.114. The molecular formula is C16H18ClN5O. The highest BCUT2D eigenvalue weighted by atomic mass is 35.5. The summed E-state index contributed by atoms with van der Waals surface area (Å²) in [5.41, 5.74) is 2.67. The van der Waals surface area contributed by atoms with Crippen molar-refractivity contribution < 1.29 is 5.11 Å². The highest BCUT2D eigenvalue weighted by Crippen LogP contribution is 2.19. The fourth-order valence-corrected chi connectivity index (χ4v) is 2.59. The second-order valence-electron chi connectivity index (χ2n) is 5.18. The molecule has 0 atom stereocenters. The van der Waals surface area contributed by atoms with Gasteiger partial charge in [0.15, 0.2) is 5.15 Å². The predicted molar refractivity (Wildman–Crippen MR) is 92.1 cm³/mol. The number of anilines is 2. The van der Waals surface area contributed by atoms with Gasteiger partial charge in [0.25, 0.3) is 0 Å². The summed E-state index contributed by atoms with van der Waals surface area (Å²) in [7, 11) is 1.92. The van der Waals surface area contributed by atoms with Gasteiger partial charge in [-0.25, -0.2) is 9.97 Å². The molecular weight excluding hydrogens is 314 g/mol. The van der Waals surface area contributed by atoms with Gasteiger partial charge in [-0.3, -0.25) is 0 Å². The molecule has 0 aliphatic heterocycles. The van der Waals surface area contributed by atoms with Gasteiger partial charge in [0.2, 0.25) is 0 Å². The molecule has 3 aromatic rings. The number of hydrogen-bond acceptors (Lipinski definition) is 5. The van der Waals surface area contributed by atoms with E-state index < -0.39 is 0 Å². The van der Waals surface area contributed by atoms with Gasteiger partial charge in [0, 0.05) is 19.8 Å². The molecule has 3 heterocycles. The van der Waals surface area contributed by atoms with Crippen LogP contribution in [0.4, 0.5) is 11.5 Å². The zero-order valence-corrected chi connectivity index (χ0v) is 13.5. The summed E-state index contributed by atoms with van der Waals surface area (Å²) in [6, 6.07) is 9.65. The van der Waals surface area contributed by atoms with Crippen LogP contribution in [0.15, 0.2) is 42.7 Å². The Morgan fingerprint density at radius 1 is 1.30 bits per heavy atom. The van der Waals surface area contributed by atoms with E-state index in [4.69, 9.17) is 16.7 Å². The molecule has 0 spiro atoms. The summed E-state index contributed by atoms with van der Waals surface area (Å²) in [5.74, 6) is 0.757. The zero-order chi connectivity index (χ0) is 16.2. The summed E-state index contributed by atoms with van der Waals surface area (Å²) >= 11 is 6.21. The lowest BCUT2D eigenvalue weighted by atomic mass is 10.3. The first-order valence-electron chi connectivity index (χ1n) is 7.32. The van der Waals surface area contributed by atoms with Gasteiger partial charge in [-0.1, -0.05) is 17.7 Å². The molecule has 3 rings (SSSR count). The molecule has 120 valence electrons. The monoisotopic (exact) mass is 331 g/mol. The molecule has 0 radical (unpaired) electrons. The topological polar surface area (TPSA) is 65.7 Å². The predicted octanol–water partition coefficient (Wildman–Crippen LogP) is 2.42. The molecule has 0 fully saturated rings. The second kappa shape index (κ2) is 6.85. The van der Waals surface area contributed by atoms with Crippen molar-refractivity contribution >= 4 is 28.8 Å². The first-order valence-corrected chi connectivity index (χ1v) is 7.70. The smallest absolute Gasteiger partial charge is 0.153 e. The van der Waals surface area contributed by atoms with Gasteiger partial charge >= 0.3 is 0 Å². The van der Waals surface area contributed by atoms with Gasteiger partial charge < -0.3 is 19.7 Å². The zero-order valence-electron chi connectivity index (χ0n) is 12.8. The van der Waals surface area contributed by atoms with E-state index in [1.165, 1.54) is 0 Å². The average molecular weight is 332 g/mol. The Labute approximate surface area is 139 Å². The van der Waals surface area contributed by atoms with Gasteiger partial charge in [0.1, 0.15) is 11.5 Å². The second-order valence-corrected chi connectivity index (χ2v) is 5.54. The lowest BCUT2D eigenvalue weighted by molar-refractivity contribution is 0.304. The normalized spacial score (nSPS) is 10.9. The van der Waals surface area contributed by atoms with Crippen LogP contribution in [-0.2, 0) is 6.54 Å². The van der Waals surface area contributed by atoms with E-state index in [0.29, 0.717) is 18.2 Å². The fourth-order valence-electron chi connectivity index (χ4n) is 2.35. The molecule has 3 aromatic heterocycles. The van der Waals surface area contributed by atoms with Crippen molar-refractivity contribution in [3.8, 4) is 0 Å². The van der Waals surface area contributed by atoms with Crippen LogP contribution in [0.5, 0.6) is 0 Å². The highest BCUT2D eigenvalue weighted by Gasteiger charge is 2.09. The number of nitrogens with zero attached hydrogens (tertiary/aromatic N) is 4. The van der Waals surface area contributed by atoms with Crippen molar-refractivity contribution in [3.63, 3.8) is 0 Å². The van der Waals surface area contributed by atoms with Crippen LogP contribution < -0.4 is 10.2 Å². The Hall–Kier alpha value is -2.31. The molecule has 7 heteroatoms. The quantitative estimate of drug-likeness (QED) is 0.726. The standard InChI is InChI=1S/C16H18ClN5O/c1-21(8-9-23)12-5-6-14(18-10-12)19-11-13-16(17)20-15-4-2-3-7-22(13)15/h2-7,10,23H,8-9,11H2,1H3,(H,18,19). The number of aliphatic hydroxyl groups is 1. The van der Waals surface area contributed by atoms with Gasteiger partial charge in [-0.05, 0) is 24.3 Å². The van der Waals surface area contributed by atoms with E-state index >= 15 is 0 Å². The number of aromatic nitrogens is 3. The summed E-state index contributed by atoms with van der Waals surface area (Å²) < 4.78 is 1.96. The van der Waals surface area contributed by atoms with Crippen molar-refractivity contribution in [1.29, 1.82) is 0 Å². The van der Waals surface area contributed by atoms with Crippen LogP contribution in [0.3, 0.4) is 0 Å². The fraction of sp³-hybridized carbons (Fsp3) is 0.250. The number of aliphatic hydroxyl groups excluding tert-OH is 1. The molecule has 0 unspecified atom stereocenters. The third-order valence-corrected chi connectivity index (χ3v) is 3.94. The maximum atomic E-state index is 8.96. The molecule has 0 bridgehead atoms. The van der Waals surface area contributed by atoms with Crippen LogP contribution in [0.2, 0.25) is 5.15 Å². The summed E-state index contributed by atoms with van der Waals surface area (Å²) in [6.45, 7) is 1.22. The number of pyridine rings is 2. The van der Waals surface area contributed by atoms with Crippen LogP contribution in [0, 0.1) is 0 Å². The summed E-state index contributed by atoms with van der Waals surface area (Å²) in [6.07, 6.45) is 3.71. The maximum absolute atomic E-state index is 8.96. The van der Waals surface area contributed by atoms with E-state index in [9.17, 15) is 0 Å². The Morgan fingerprint density at radius 3 is 2.91 bits per heavy atom. The van der Waals surface area contributed by atoms with Gasteiger partial charge in [-0.2, -0.15) is 0 Å². The molecule has 0 saturated heterocycles. The number of likely N-dealkylation sites (N-methyl/N-ethyl adjacent to an activating group) is 1. The number of imidazole rings is 1. The van der Waals surface area contributed by atoms with E-state index in [2.05, 4.69) is 15.3 Å². The Kier molecular flexibility index (Phi) is 4.64. The highest BCUT2D eigenvalue weighted by molar-refractivity contribution is 6.30. The molecule has 23 heavy (non-hydrogen) atoms. The molecule has 0 aliphatic carbocycles. The van der Waals surface area contributed by atoms with E-state index in [0.717, 1.165) is 22.8 Å². The lowest BCUT2D eigenvalue weighted by Gasteiger charge is -2.17. The van der Waals surface area contributed by atoms with Crippen molar-refractivity contribution in [1.82, 2.24) is 14.4 Å². The van der Waals surface area contributed by atoms with Crippen molar-refractivity contribution in [2.75, 3.05) is 30.4 Å². The number of hydrogen-bond donors (Lipinski definition) is 2. The SMILES string of the molecule is CN(CCO)c1ccc(NCc2c(Cl)nc3ccccn23)nc1. The first kappa shape index (κ1) is 15.6. The Bertz CT molecular complexity index is 787. The van der Waals surface area contributed by atoms with E-state index in [1.54, 1.807) is 6.20 Å². The number of halogens is 1. The van der Waals surface area contributed by atoms with Crippen LogP contribution in [0.1, 0.15) is 5.69 Å². The van der Waals surface area contributed by atoms with Crippen molar-refractivity contribution in [3.05, 3.63) is 53.6 Å². The Balaban J connectivity index is 1.71. The molecule has 6 nitrogen and oxygen atoms in total. The number of fused-ring (bicyclic) bond motifs is 1. The average Bonchev–Trinajstić information content (AvgIpc) is 2.89. The molecule has 0 saturated carbocycles. The minimum Gasteiger partial charge on any atom is -0.395 e. The third-order valence-electron chi connectivity index (χ3n) is 3.64. The molecule has 0 aliphatic rings. The lowest BCUT2D eigenvalue weighted by Crippen LogP contribution is -2.21. The minimum atomic E-state index is 0.114. The van der Waals surface area contributed by atoms with Gasteiger partial charge in [-0.15, -0.1) is 0 Å². The van der Waals surface area contributed by atoms with Crippen molar-refractivity contribution in [2.24, 2.45) is 0 Å². The van der Waals surface area contributed by atoms with Crippen molar-refractivity contribution in [2.45, 2.75) is 6.54 Å². The first-order chi connectivity index (χ1) is 11.2. The molecule has 0 amide bonds. The van der Waals surface area contributed by atoms with Crippen LogP contribution in [-0.4, -0.2) is 39.7 Å². The third kappa shape index (κ3) is 3.38. The van der Waals surface area contributed by atoms with E-state index in [-0.39, 0.29) is 6.61 Å². The van der Waals surface area contributed by atoms with Crippen LogP contribution in [0.25, 0.3) is 5.65 Å². The molecule has 0 aromatic carbocycles. The number of rotatable bonds is 6.